The Morgan fingerprint density at radius 3 is 2.83 bits per heavy atom. The molecular weight excluding hydrogens is 368 g/mol. The van der Waals surface area contributed by atoms with Crippen LogP contribution >= 0.6 is 0 Å². The number of para-hydroxylation sites is 1. The fourth-order valence-electron chi connectivity index (χ4n) is 3.96. The van der Waals surface area contributed by atoms with Crippen molar-refractivity contribution < 1.29 is 18.6 Å². The van der Waals surface area contributed by atoms with E-state index in [1.807, 2.05) is 60.5 Å². The van der Waals surface area contributed by atoms with Crippen molar-refractivity contribution >= 4 is 5.71 Å². The van der Waals surface area contributed by atoms with Crippen molar-refractivity contribution in [3.63, 3.8) is 0 Å². The largest absolute Gasteiger partial charge is 0.497 e. The predicted molar refractivity (Wildman–Crippen MR) is 108 cm³/mol. The van der Waals surface area contributed by atoms with Gasteiger partial charge < -0.3 is 18.6 Å². The fraction of sp³-hybridized carbons (Fsp3) is 0.261. The zero-order valence-electron chi connectivity index (χ0n) is 16.4. The number of methoxy groups -OCH3 is 1. The molecule has 0 amide bonds. The average Bonchev–Trinajstić information content (AvgIpc) is 3.44. The van der Waals surface area contributed by atoms with E-state index in [0.29, 0.717) is 6.61 Å². The lowest BCUT2D eigenvalue weighted by Gasteiger charge is -2.38. The van der Waals surface area contributed by atoms with Crippen LogP contribution in [0.25, 0.3) is 0 Å². The maximum Gasteiger partial charge on any atom is 0.214 e. The van der Waals surface area contributed by atoms with Crippen molar-refractivity contribution in [1.82, 2.24) is 5.01 Å². The smallest absolute Gasteiger partial charge is 0.214 e. The molecule has 2 aliphatic rings. The molecule has 0 fully saturated rings. The molecular formula is C23H22N2O4. The first-order chi connectivity index (χ1) is 14.3. The van der Waals surface area contributed by atoms with Crippen LogP contribution in [0, 0.1) is 0 Å². The highest BCUT2D eigenvalue weighted by Gasteiger charge is 2.42. The Labute approximate surface area is 169 Å². The molecule has 0 aliphatic carbocycles. The van der Waals surface area contributed by atoms with Crippen molar-refractivity contribution in [1.29, 1.82) is 0 Å². The lowest BCUT2D eigenvalue weighted by molar-refractivity contribution is -0.0213. The first-order valence-corrected chi connectivity index (χ1v) is 9.74. The number of rotatable bonds is 5. The first-order valence-electron chi connectivity index (χ1n) is 9.74. The molecule has 0 radical (unpaired) electrons. The Balaban J connectivity index is 1.62. The number of hydrogen-bond acceptors (Lipinski definition) is 6. The second-order valence-electron chi connectivity index (χ2n) is 6.98. The summed E-state index contributed by atoms with van der Waals surface area (Å²) >= 11 is 0. The summed E-state index contributed by atoms with van der Waals surface area (Å²) in [7, 11) is 1.66. The molecule has 0 N–H and O–H groups in total. The van der Waals surface area contributed by atoms with E-state index in [4.69, 9.17) is 23.7 Å². The molecule has 2 aliphatic heterocycles. The third kappa shape index (κ3) is 3.01. The molecule has 148 valence electrons. The van der Waals surface area contributed by atoms with E-state index in [2.05, 4.69) is 6.07 Å². The Hall–Kier alpha value is -3.41. The summed E-state index contributed by atoms with van der Waals surface area (Å²) in [6.45, 7) is 2.55. The minimum Gasteiger partial charge on any atom is -0.497 e. The van der Waals surface area contributed by atoms with Gasteiger partial charge in [-0.25, -0.2) is 5.01 Å². The second kappa shape index (κ2) is 7.20. The van der Waals surface area contributed by atoms with E-state index in [1.165, 1.54) is 0 Å². The number of hydrogen-bond donors (Lipinski definition) is 0. The Kier molecular flexibility index (Phi) is 4.39. The van der Waals surface area contributed by atoms with Gasteiger partial charge in [-0.3, -0.25) is 0 Å². The van der Waals surface area contributed by atoms with Gasteiger partial charge in [0.25, 0.3) is 0 Å². The van der Waals surface area contributed by atoms with Crippen molar-refractivity contribution in [3.05, 3.63) is 77.7 Å². The van der Waals surface area contributed by atoms with Gasteiger partial charge in [-0.15, -0.1) is 0 Å². The maximum absolute atomic E-state index is 6.49. The monoisotopic (exact) mass is 390 g/mol. The molecule has 1 aromatic heterocycles. The fourth-order valence-corrected chi connectivity index (χ4v) is 3.96. The number of furan rings is 1. The summed E-state index contributed by atoms with van der Waals surface area (Å²) in [5.74, 6) is 3.09. The minimum absolute atomic E-state index is 0.0375. The molecule has 6 nitrogen and oxygen atoms in total. The molecule has 6 heteroatoms. The number of nitrogens with zero attached hydrogens (tertiary/aromatic N) is 2. The number of hydrazone groups is 1. The lowest BCUT2D eigenvalue weighted by atomic mass is 9.97. The van der Waals surface area contributed by atoms with E-state index in [-0.39, 0.29) is 6.04 Å². The molecule has 0 bridgehead atoms. The van der Waals surface area contributed by atoms with Crippen LogP contribution in [0.5, 0.6) is 17.2 Å². The molecule has 2 atom stereocenters. The molecule has 2 aromatic carbocycles. The van der Waals surface area contributed by atoms with Gasteiger partial charge in [0.1, 0.15) is 17.2 Å². The third-order valence-electron chi connectivity index (χ3n) is 5.26. The molecule has 0 saturated heterocycles. The normalized spacial score (nSPS) is 19.8. The zero-order chi connectivity index (χ0) is 19.8. The van der Waals surface area contributed by atoms with Crippen LogP contribution in [0.2, 0.25) is 0 Å². The van der Waals surface area contributed by atoms with Crippen LogP contribution in [0.3, 0.4) is 0 Å². The highest BCUT2D eigenvalue weighted by atomic mass is 16.5. The lowest BCUT2D eigenvalue weighted by Crippen LogP contribution is -2.34. The molecule has 0 unspecified atom stereocenters. The van der Waals surface area contributed by atoms with Crippen LogP contribution in [-0.4, -0.2) is 24.4 Å². The third-order valence-corrected chi connectivity index (χ3v) is 5.26. The molecule has 3 aromatic rings. The van der Waals surface area contributed by atoms with Crippen LogP contribution < -0.4 is 14.2 Å². The van der Waals surface area contributed by atoms with Crippen molar-refractivity contribution in [2.45, 2.75) is 25.6 Å². The van der Waals surface area contributed by atoms with Crippen molar-refractivity contribution in [3.8, 4) is 17.2 Å². The summed E-state index contributed by atoms with van der Waals surface area (Å²) in [6, 6.07) is 17.8. The number of fused-ring (bicyclic) bond motifs is 3. The number of benzene rings is 2. The van der Waals surface area contributed by atoms with Gasteiger partial charge in [0.05, 0.1) is 26.0 Å². The average molecular weight is 390 g/mol. The van der Waals surface area contributed by atoms with Gasteiger partial charge >= 0.3 is 0 Å². The number of ether oxygens (including phenoxy) is 3. The molecule has 0 spiro atoms. The van der Waals surface area contributed by atoms with Gasteiger partial charge in [0.2, 0.25) is 6.23 Å². The molecule has 29 heavy (non-hydrogen) atoms. The van der Waals surface area contributed by atoms with E-state index < -0.39 is 6.23 Å². The van der Waals surface area contributed by atoms with Gasteiger partial charge in [-0.05, 0) is 37.3 Å². The van der Waals surface area contributed by atoms with Crippen molar-refractivity contribution in [2.75, 3.05) is 13.7 Å². The summed E-state index contributed by atoms with van der Waals surface area (Å²) in [6.07, 6.45) is 2.02. The Morgan fingerprint density at radius 1 is 1.14 bits per heavy atom. The Morgan fingerprint density at radius 2 is 2.03 bits per heavy atom. The van der Waals surface area contributed by atoms with E-state index in [0.717, 1.165) is 46.3 Å². The van der Waals surface area contributed by atoms with Crippen LogP contribution in [0.1, 0.15) is 42.5 Å². The van der Waals surface area contributed by atoms with Crippen LogP contribution in [0.4, 0.5) is 0 Å². The summed E-state index contributed by atoms with van der Waals surface area (Å²) in [5, 5.41) is 6.91. The molecule has 5 rings (SSSR count). The van der Waals surface area contributed by atoms with Crippen LogP contribution in [-0.2, 0) is 0 Å². The predicted octanol–water partition coefficient (Wildman–Crippen LogP) is 4.93. The van der Waals surface area contributed by atoms with E-state index >= 15 is 0 Å². The van der Waals surface area contributed by atoms with E-state index in [9.17, 15) is 0 Å². The minimum atomic E-state index is -0.392. The molecule has 0 saturated carbocycles. The van der Waals surface area contributed by atoms with Gasteiger partial charge in [0.15, 0.2) is 11.5 Å². The molecule has 3 heterocycles. The highest BCUT2D eigenvalue weighted by Crippen LogP contribution is 2.50. The Bertz CT molecular complexity index is 1040. The topological polar surface area (TPSA) is 56.4 Å². The summed E-state index contributed by atoms with van der Waals surface area (Å²) < 4.78 is 23.4. The van der Waals surface area contributed by atoms with Gasteiger partial charge in [-0.2, -0.15) is 5.10 Å². The van der Waals surface area contributed by atoms with Gasteiger partial charge in [0, 0.05) is 17.5 Å². The summed E-state index contributed by atoms with van der Waals surface area (Å²) in [4.78, 5) is 0. The first kappa shape index (κ1) is 17.7. The SMILES string of the molecule is CCOc1cccc2c1O[C@@H](c1cccc(OC)c1)N1N=C(c3ccco3)C[C@@H]21. The quantitative estimate of drug-likeness (QED) is 0.618. The second-order valence-corrected chi connectivity index (χ2v) is 6.98. The zero-order valence-corrected chi connectivity index (χ0v) is 16.4. The van der Waals surface area contributed by atoms with E-state index in [1.54, 1.807) is 13.4 Å². The standard InChI is InChI=1S/C23H22N2O4/c1-3-27-21-10-5-9-17-19-14-18(20-11-6-12-28-20)24-25(19)23(29-22(17)21)15-7-4-8-16(13-15)26-2/h4-13,19,23H,3,14H2,1-2H3/t19-,23-/m0/s1. The van der Waals surface area contributed by atoms with Gasteiger partial charge in [-0.1, -0.05) is 24.3 Å². The highest BCUT2D eigenvalue weighted by molar-refractivity contribution is 5.99. The van der Waals surface area contributed by atoms with Crippen molar-refractivity contribution in [2.24, 2.45) is 5.10 Å². The summed E-state index contributed by atoms with van der Waals surface area (Å²) in [5.41, 5.74) is 2.95. The van der Waals surface area contributed by atoms with Crippen LogP contribution in [0.15, 0.2) is 70.4 Å². The maximum atomic E-state index is 6.49.